The molecule has 0 aromatic carbocycles. The van der Waals surface area contributed by atoms with Gasteiger partial charge < -0.3 is 9.63 Å². The van der Waals surface area contributed by atoms with Crippen LogP contribution in [0.4, 0.5) is 0 Å². The van der Waals surface area contributed by atoms with Crippen LogP contribution in [0.3, 0.4) is 0 Å². The first-order valence-electron chi connectivity index (χ1n) is 7.01. The van der Waals surface area contributed by atoms with E-state index < -0.39 is 5.97 Å². The van der Waals surface area contributed by atoms with Crippen LogP contribution in [-0.4, -0.2) is 33.2 Å². The summed E-state index contributed by atoms with van der Waals surface area (Å²) in [5.74, 6) is 0.609. The van der Waals surface area contributed by atoms with Crippen molar-refractivity contribution in [2.45, 2.75) is 57.7 Å². The van der Waals surface area contributed by atoms with Gasteiger partial charge in [0.05, 0.1) is 12.2 Å². The number of carboxylic acids is 1. The Morgan fingerprint density at radius 2 is 2.16 bits per heavy atom. The highest BCUT2D eigenvalue weighted by Crippen LogP contribution is 2.40. The highest BCUT2D eigenvalue weighted by molar-refractivity contribution is 5.67. The minimum atomic E-state index is -0.663. The van der Waals surface area contributed by atoms with Gasteiger partial charge in [0.2, 0.25) is 0 Å². The highest BCUT2D eigenvalue weighted by atomic mass is 16.5. The third kappa shape index (κ3) is 2.66. The molecule has 1 aromatic rings. The summed E-state index contributed by atoms with van der Waals surface area (Å²) in [4.78, 5) is 13.3. The zero-order valence-corrected chi connectivity index (χ0v) is 11.2. The van der Waals surface area contributed by atoms with E-state index in [0.29, 0.717) is 24.4 Å². The van der Waals surface area contributed by atoms with Gasteiger partial charge in [-0.1, -0.05) is 5.16 Å². The van der Waals surface area contributed by atoms with Gasteiger partial charge in [0.15, 0.2) is 5.76 Å². The lowest BCUT2D eigenvalue weighted by Crippen LogP contribution is -2.42. The molecule has 2 atom stereocenters. The third-order valence-electron chi connectivity index (χ3n) is 4.46. The summed E-state index contributed by atoms with van der Waals surface area (Å²) < 4.78 is 5.30. The van der Waals surface area contributed by atoms with Crippen LogP contribution in [0.1, 0.15) is 43.6 Å². The topological polar surface area (TPSA) is 66.6 Å². The lowest BCUT2D eigenvalue weighted by molar-refractivity contribution is -0.138. The highest BCUT2D eigenvalue weighted by Gasteiger charge is 2.41. The number of hydrogen-bond acceptors (Lipinski definition) is 4. The lowest BCUT2D eigenvalue weighted by Gasteiger charge is -2.37. The predicted molar refractivity (Wildman–Crippen MR) is 68.6 cm³/mol. The standard InChI is InChI=1S/C14H20N2O3/c1-9-4-13(19-15-9)8-16-11-2-3-12(16)6-10(5-11)7-14(17)18/h4,10-12H,2-3,5-8H2,1H3,(H,17,18). The number of carbonyl (C=O) groups is 1. The molecule has 3 heterocycles. The number of aryl methyl sites for hydroxylation is 1. The van der Waals surface area contributed by atoms with E-state index in [0.717, 1.165) is 30.8 Å². The number of hydrogen-bond donors (Lipinski definition) is 1. The first-order chi connectivity index (χ1) is 9.11. The largest absolute Gasteiger partial charge is 0.481 e. The number of carboxylic acid groups (broad SMARTS) is 1. The Labute approximate surface area is 112 Å². The maximum atomic E-state index is 10.8. The van der Waals surface area contributed by atoms with Crippen molar-refractivity contribution in [3.63, 3.8) is 0 Å². The van der Waals surface area contributed by atoms with Crippen molar-refractivity contribution in [2.24, 2.45) is 5.92 Å². The fraction of sp³-hybridized carbons (Fsp3) is 0.714. The van der Waals surface area contributed by atoms with Gasteiger partial charge in [0.25, 0.3) is 0 Å². The zero-order chi connectivity index (χ0) is 13.4. The second-order valence-electron chi connectivity index (χ2n) is 5.93. The van der Waals surface area contributed by atoms with Gasteiger partial charge in [0.1, 0.15) is 0 Å². The number of fused-ring (bicyclic) bond motifs is 2. The molecule has 1 N–H and O–H groups in total. The van der Waals surface area contributed by atoms with E-state index in [1.54, 1.807) is 0 Å². The van der Waals surface area contributed by atoms with Crippen molar-refractivity contribution >= 4 is 5.97 Å². The Hall–Kier alpha value is -1.36. The normalized spacial score (nSPS) is 30.7. The molecule has 5 heteroatoms. The molecule has 0 aliphatic carbocycles. The van der Waals surface area contributed by atoms with Crippen molar-refractivity contribution in [2.75, 3.05) is 0 Å². The molecular formula is C14H20N2O3. The van der Waals surface area contributed by atoms with Crippen LogP contribution < -0.4 is 0 Å². The third-order valence-corrected chi connectivity index (χ3v) is 4.46. The molecule has 0 saturated carbocycles. The molecule has 2 saturated heterocycles. The van der Waals surface area contributed by atoms with Gasteiger partial charge in [-0.25, -0.2) is 0 Å². The summed E-state index contributed by atoms with van der Waals surface area (Å²) >= 11 is 0. The van der Waals surface area contributed by atoms with Crippen molar-refractivity contribution in [1.29, 1.82) is 0 Å². The van der Waals surface area contributed by atoms with Gasteiger partial charge in [-0.15, -0.1) is 0 Å². The summed E-state index contributed by atoms with van der Waals surface area (Å²) in [6.07, 6.45) is 4.72. The maximum absolute atomic E-state index is 10.8. The van der Waals surface area contributed by atoms with Gasteiger partial charge in [-0.05, 0) is 38.5 Å². The molecule has 2 aliphatic rings. The van der Waals surface area contributed by atoms with E-state index in [9.17, 15) is 4.79 Å². The van der Waals surface area contributed by atoms with Crippen LogP contribution in [0, 0.1) is 12.8 Å². The van der Waals surface area contributed by atoms with Crippen LogP contribution >= 0.6 is 0 Å². The van der Waals surface area contributed by atoms with Crippen molar-refractivity contribution < 1.29 is 14.4 Å². The molecular weight excluding hydrogens is 244 g/mol. The Morgan fingerprint density at radius 3 is 2.68 bits per heavy atom. The van der Waals surface area contributed by atoms with Crippen LogP contribution in [0.15, 0.2) is 10.6 Å². The van der Waals surface area contributed by atoms with Gasteiger partial charge in [-0.2, -0.15) is 0 Å². The molecule has 0 radical (unpaired) electrons. The first kappa shape index (κ1) is 12.7. The molecule has 2 unspecified atom stereocenters. The second-order valence-corrected chi connectivity index (χ2v) is 5.93. The summed E-state index contributed by atoms with van der Waals surface area (Å²) in [7, 11) is 0. The van der Waals surface area contributed by atoms with E-state index in [-0.39, 0.29) is 0 Å². The molecule has 5 nitrogen and oxygen atoms in total. The fourth-order valence-corrected chi connectivity index (χ4v) is 3.73. The Morgan fingerprint density at radius 1 is 1.47 bits per heavy atom. The number of nitrogens with zero attached hydrogens (tertiary/aromatic N) is 2. The Bertz CT molecular complexity index is 457. The molecule has 2 bridgehead atoms. The first-order valence-corrected chi connectivity index (χ1v) is 7.01. The van der Waals surface area contributed by atoms with E-state index in [1.807, 2.05) is 13.0 Å². The van der Waals surface area contributed by atoms with E-state index in [4.69, 9.17) is 9.63 Å². The molecule has 2 aliphatic heterocycles. The molecule has 3 rings (SSSR count). The van der Waals surface area contributed by atoms with Gasteiger partial charge >= 0.3 is 5.97 Å². The van der Waals surface area contributed by atoms with E-state index >= 15 is 0 Å². The molecule has 2 fully saturated rings. The molecule has 19 heavy (non-hydrogen) atoms. The fourth-order valence-electron chi connectivity index (χ4n) is 3.73. The molecule has 0 spiro atoms. The SMILES string of the molecule is Cc1cc(CN2C3CCC2CC(CC(=O)O)C3)on1. The summed E-state index contributed by atoms with van der Waals surface area (Å²) in [6, 6.07) is 3.03. The molecule has 1 aromatic heterocycles. The lowest BCUT2D eigenvalue weighted by atomic mass is 9.88. The number of aliphatic carboxylic acids is 1. The Balaban J connectivity index is 1.64. The average molecular weight is 264 g/mol. The Kier molecular flexibility index (Phi) is 3.31. The van der Waals surface area contributed by atoms with Gasteiger partial charge in [0, 0.05) is 24.6 Å². The summed E-state index contributed by atoms with van der Waals surface area (Å²) in [5, 5.41) is 12.9. The smallest absolute Gasteiger partial charge is 0.303 e. The minimum Gasteiger partial charge on any atom is -0.481 e. The maximum Gasteiger partial charge on any atom is 0.303 e. The number of piperidine rings is 1. The van der Waals surface area contributed by atoms with Crippen LogP contribution in [-0.2, 0) is 11.3 Å². The van der Waals surface area contributed by atoms with Crippen molar-refractivity contribution in [3.8, 4) is 0 Å². The van der Waals surface area contributed by atoms with Crippen LogP contribution in [0.2, 0.25) is 0 Å². The van der Waals surface area contributed by atoms with Crippen LogP contribution in [0.25, 0.3) is 0 Å². The van der Waals surface area contributed by atoms with Gasteiger partial charge in [-0.3, -0.25) is 9.69 Å². The molecule has 0 amide bonds. The average Bonchev–Trinajstić information content (AvgIpc) is 2.82. The zero-order valence-electron chi connectivity index (χ0n) is 11.2. The van der Waals surface area contributed by atoms with Crippen molar-refractivity contribution in [3.05, 3.63) is 17.5 Å². The van der Waals surface area contributed by atoms with E-state index in [1.165, 1.54) is 12.8 Å². The number of aromatic nitrogens is 1. The summed E-state index contributed by atoms with van der Waals surface area (Å²) in [5.41, 5.74) is 0.920. The number of rotatable bonds is 4. The van der Waals surface area contributed by atoms with E-state index in [2.05, 4.69) is 10.1 Å². The quantitative estimate of drug-likeness (QED) is 0.903. The van der Waals surface area contributed by atoms with Crippen LogP contribution in [0.5, 0.6) is 0 Å². The monoisotopic (exact) mass is 264 g/mol. The molecule has 104 valence electrons. The second kappa shape index (κ2) is 4.96. The van der Waals surface area contributed by atoms with Crippen molar-refractivity contribution in [1.82, 2.24) is 10.1 Å². The predicted octanol–water partition coefficient (Wildman–Crippen LogP) is 2.20. The minimum absolute atomic E-state index is 0.322. The summed E-state index contributed by atoms with van der Waals surface area (Å²) in [6.45, 7) is 2.75.